The summed E-state index contributed by atoms with van der Waals surface area (Å²) in [6, 6.07) is 0. The van der Waals surface area contributed by atoms with Gasteiger partial charge < -0.3 is 0 Å². The fourth-order valence-corrected chi connectivity index (χ4v) is 1.53. The molecule has 0 atom stereocenters. The zero-order chi connectivity index (χ0) is 7.40. The minimum atomic E-state index is 1.15. The van der Waals surface area contributed by atoms with Crippen LogP contribution in [0.25, 0.3) is 0 Å². The van der Waals surface area contributed by atoms with Crippen LogP contribution in [0.5, 0.6) is 0 Å². The lowest BCUT2D eigenvalue weighted by molar-refractivity contribution is 0.267. The van der Waals surface area contributed by atoms with Gasteiger partial charge in [0.05, 0.1) is 0 Å². The normalized spacial score (nSPS) is 21.5. The summed E-state index contributed by atoms with van der Waals surface area (Å²) in [7, 11) is 0. The zero-order valence-electron chi connectivity index (χ0n) is 6.90. The highest BCUT2D eigenvalue weighted by Crippen LogP contribution is 2.12. The highest BCUT2D eigenvalue weighted by atomic mass is 15.1. The molecular weight excluding hydrogens is 122 g/mol. The van der Waals surface area contributed by atoms with Crippen molar-refractivity contribution in [3.8, 4) is 0 Å². The number of hydrogen-bond acceptors (Lipinski definition) is 1. The first-order valence-corrected chi connectivity index (χ1v) is 4.22. The number of nitrogens with zero attached hydrogens (tertiary/aromatic N) is 1. The topological polar surface area (TPSA) is 3.24 Å². The predicted octanol–water partition coefficient (Wildman–Crippen LogP) is 2.05. The first-order valence-electron chi connectivity index (χ1n) is 4.22. The molecule has 0 aromatic carbocycles. The van der Waals surface area contributed by atoms with Crippen molar-refractivity contribution in [2.75, 3.05) is 19.6 Å². The first kappa shape index (κ1) is 7.80. The Morgan fingerprint density at radius 1 is 1.60 bits per heavy atom. The molecule has 0 unspecified atom stereocenters. The Morgan fingerprint density at radius 2 is 2.40 bits per heavy atom. The summed E-state index contributed by atoms with van der Waals surface area (Å²) in [5.74, 6) is 0. The predicted molar refractivity (Wildman–Crippen MR) is 45.1 cm³/mol. The molecule has 1 heterocycles. The van der Waals surface area contributed by atoms with Crippen LogP contribution in [0.1, 0.15) is 26.2 Å². The Hall–Kier alpha value is -0.300. The quantitative estimate of drug-likeness (QED) is 0.529. The fraction of sp³-hybridized carbons (Fsp3) is 0.778. The van der Waals surface area contributed by atoms with Crippen molar-refractivity contribution in [2.45, 2.75) is 26.2 Å². The molecule has 0 N–H and O–H groups in total. The summed E-state index contributed by atoms with van der Waals surface area (Å²) in [6.07, 6.45) is 3.84. The summed E-state index contributed by atoms with van der Waals surface area (Å²) in [5.41, 5.74) is 1.42. The van der Waals surface area contributed by atoms with Crippen LogP contribution in [-0.4, -0.2) is 24.5 Å². The highest BCUT2D eigenvalue weighted by molar-refractivity contribution is 5.00. The standard InChI is InChI=1S/C9H17N/c1-3-6-10-7-4-5-9(2)8-10/h2-8H2,1H3. The molecule has 0 aliphatic carbocycles. The third-order valence-electron chi connectivity index (χ3n) is 1.99. The maximum Gasteiger partial charge on any atom is 0.0190 e. The summed E-state index contributed by atoms with van der Waals surface area (Å²) in [4.78, 5) is 2.49. The van der Waals surface area contributed by atoms with Gasteiger partial charge in [0, 0.05) is 6.54 Å². The van der Waals surface area contributed by atoms with Gasteiger partial charge in [-0.05, 0) is 32.4 Å². The number of likely N-dealkylation sites (tertiary alicyclic amines) is 1. The summed E-state index contributed by atoms with van der Waals surface area (Å²) in [5, 5.41) is 0. The molecule has 0 aromatic rings. The van der Waals surface area contributed by atoms with Gasteiger partial charge in [0.2, 0.25) is 0 Å². The van der Waals surface area contributed by atoms with Crippen molar-refractivity contribution in [3.63, 3.8) is 0 Å². The van der Waals surface area contributed by atoms with E-state index in [0.29, 0.717) is 0 Å². The molecule has 1 heteroatoms. The average molecular weight is 139 g/mol. The van der Waals surface area contributed by atoms with E-state index in [2.05, 4.69) is 18.4 Å². The van der Waals surface area contributed by atoms with Gasteiger partial charge >= 0.3 is 0 Å². The van der Waals surface area contributed by atoms with E-state index in [1.165, 1.54) is 37.9 Å². The lowest BCUT2D eigenvalue weighted by Crippen LogP contribution is -2.31. The van der Waals surface area contributed by atoms with Crippen LogP contribution in [0.3, 0.4) is 0 Å². The first-order chi connectivity index (χ1) is 4.83. The largest absolute Gasteiger partial charge is 0.299 e. The molecule has 0 radical (unpaired) electrons. The Bertz CT molecular complexity index is 116. The van der Waals surface area contributed by atoms with Gasteiger partial charge in [-0.15, -0.1) is 0 Å². The van der Waals surface area contributed by atoms with E-state index < -0.39 is 0 Å². The van der Waals surface area contributed by atoms with E-state index in [9.17, 15) is 0 Å². The SMILES string of the molecule is C=C1CCCN(CCC)C1. The molecule has 0 spiro atoms. The van der Waals surface area contributed by atoms with Crippen molar-refractivity contribution in [3.05, 3.63) is 12.2 Å². The van der Waals surface area contributed by atoms with Gasteiger partial charge in [0.15, 0.2) is 0 Å². The minimum absolute atomic E-state index is 1.15. The van der Waals surface area contributed by atoms with Crippen LogP contribution in [0, 0.1) is 0 Å². The molecule has 1 nitrogen and oxygen atoms in total. The van der Waals surface area contributed by atoms with E-state index in [4.69, 9.17) is 0 Å². The van der Waals surface area contributed by atoms with Crippen molar-refractivity contribution >= 4 is 0 Å². The van der Waals surface area contributed by atoms with Gasteiger partial charge in [-0.1, -0.05) is 19.1 Å². The molecule has 1 rings (SSSR count). The number of piperidine rings is 1. The second-order valence-corrected chi connectivity index (χ2v) is 3.13. The minimum Gasteiger partial charge on any atom is -0.299 e. The van der Waals surface area contributed by atoms with E-state index in [1.807, 2.05) is 0 Å². The number of rotatable bonds is 2. The summed E-state index contributed by atoms with van der Waals surface area (Å²) in [6.45, 7) is 9.92. The van der Waals surface area contributed by atoms with E-state index >= 15 is 0 Å². The maximum absolute atomic E-state index is 4.00. The third-order valence-corrected chi connectivity index (χ3v) is 1.99. The van der Waals surface area contributed by atoms with E-state index in [-0.39, 0.29) is 0 Å². The molecule has 1 aliphatic heterocycles. The maximum atomic E-state index is 4.00. The summed E-state index contributed by atoms with van der Waals surface area (Å²) < 4.78 is 0. The zero-order valence-corrected chi connectivity index (χ0v) is 6.90. The van der Waals surface area contributed by atoms with Crippen molar-refractivity contribution in [1.82, 2.24) is 4.90 Å². The van der Waals surface area contributed by atoms with Crippen LogP contribution in [0.4, 0.5) is 0 Å². The summed E-state index contributed by atoms with van der Waals surface area (Å²) >= 11 is 0. The molecule has 1 aliphatic rings. The molecule has 0 bridgehead atoms. The van der Waals surface area contributed by atoms with Crippen molar-refractivity contribution in [2.24, 2.45) is 0 Å². The van der Waals surface area contributed by atoms with Crippen molar-refractivity contribution < 1.29 is 0 Å². The van der Waals surface area contributed by atoms with Crippen molar-refractivity contribution in [1.29, 1.82) is 0 Å². The van der Waals surface area contributed by atoms with Crippen LogP contribution in [0.15, 0.2) is 12.2 Å². The van der Waals surface area contributed by atoms with E-state index in [1.54, 1.807) is 0 Å². The Balaban J connectivity index is 2.25. The van der Waals surface area contributed by atoms with E-state index in [0.717, 1.165) is 6.54 Å². The smallest absolute Gasteiger partial charge is 0.0190 e. The van der Waals surface area contributed by atoms with Gasteiger partial charge in [-0.2, -0.15) is 0 Å². The average Bonchev–Trinajstić information content (AvgIpc) is 1.88. The van der Waals surface area contributed by atoms with Crippen LogP contribution < -0.4 is 0 Å². The molecule has 1 fully saturated rings. The second kappa shape index (κ2) is 3.77. The van der Waals surface area contributed by atoms with Gasteiger partial charge in [-0.3, -0.25) is 4.90 Å². The van der Waals surface area contributed by atoms with Crippen LogP contribution in [0.2, 0.25) is 0 Å². The second-order valence-electron chi connectivity index (χ2n) is 3.13. The molecular formula is C9H17N. The third kappa shape index (κ3) is 2.14. The number of hydrogen-bond donors (Lipinski definition) is 0. The van der Waals surface area contributed by atoms with Crippen LogP contribution in [-0.2, 0) is 0 Å². The molecule has 0 amide bonds. The Labute approximate surface area is 63.7 Å². The monoisotopic (exact) mass is 139 g/mol. The molecule has 1 saturated heterocycles. The Kier molecular flexibility index (Phi) is 2.94. The fourth-order valence-electron chi connectivity index (χ4n) is 1.53. The van der Waals surface area contributed by atoms with Gasteiger partial charge in [0.25, 0.3) is 0 Å². The molecule has 10 heavy (non-hydrogen) atoms. The lowest BCUT2D eigenvalue weighted by Gasteiger charge is -2.27. The Morgan fingerprint density at radius 3 is 3.00 bits per heavy atom. The molecule has 58 valence electrons. The van der Waals surface area contributed by atoms with Gasteiger partial charge in [-0.25, -0.2) is 0 Å². The highest BCUT2D eigenvalue weighted by Gasteiger charge is 2.10. The van der Waals surface area contributed by atoms with Gasteiger partial charge in [0.1, 0.15) is 0 Å². The lowest BCUT2D eigenvalue weighted by atomic mass is 10.1. The van der Waals surface area contributed by atoms with Crippen LogP contribution >= 0.6 is 0 Å². The molecule has 0 aromatic heterocycles. The molecule has 0 saturated carbocycles.